The lowest BCUT2D eigenvalue weighted by Crippen LogP contribution is -2.14. The number of anilines is 1. The van der Waals surface area contributed by atoms with Crippen LogP contribution in [0, 0.1) is 6.92 Å². The second-order valence-electron chi connectivity index (χ2n) is 3.43. The summed E-state index contributed by atoms with van der Waals surface area (Å²) in [5, 5.41) is 7.25. The molecule has 0 spiro atoms. The molecule has 2 aromatic rings. The van der Waals surface area contributed by atoms with Crippen molar-refractivity contribution < 1.29 is 8.42 Å². The number of aryl methyl sites for hydroxylation is 1. The number of nitrogens with one attached hydrogen (secondary N) is 2. The zero-order valence-corrected chi connectivity index (χ0v) is 9.80. The average molecular weight is 240 g/mol. The molecule has 7 heteroatoms. The molecule has 0 bridgehead atoms. The summed E-state index contributed by atoms with van der Waals surface area (Å²) in [5.41, 5.74) is 1.43. The van der Waals surface area contributed by atoms with Gasteiger partial charge in [0.2, 0.25) is 10.0 Å². The van der Waals surface area contributed by atoms with Crippen LogP contribution in [0.5, 0.6) is 0 Å². The molecular formula is C9H12N4O2S. The molecule has 0 aliphatic heterocycles. The van der Waals surface area contributed by atoms with E-state index in [1.807, 2.05) is 13.0 Å². The van der Waals surface area contributed by atoms with Crippen LogP contribution < -0.4 is 4.72 Å². The largest absolute Gasteiger partial charge is 0.265 e. The van der Waals surface area contributed by atoms with Crippen LogP contribution in [0.15, 0.2) is 12.1 Å². The van der Waals surface area contributed by atoms with E-state index in [-0.39, 0.29) is 5.75 Å². The van der Waals surface area contributed by atoms with Gasteiger partial charge in [-0.15, -0.1) is 0 Å². The molecular weight excluding hydrogens is 228 g/mol. The highest BCUT2D eigenvalue weighted by Gasteiger charge is 2.12. The summed E-state index contributed by atoms with van der Waals surface area (Å²) in [5.74, 6) is 0.310. The minimum absolute atomic E-state index is 0.0145. The van der Waals surface area contributed by atoms with Crippen molar-refractivity contribution in [1.29, 1.82) is 0 Å². The van der Waals surface area contributed by atoms with Crippen molar-refractivity contribution in [1.82, 2.24) is 15.2 Å². The zero-order chi connectivity index (χ0) is 11.8. The van der Waals surface area contributed by atoms with E-state index in [0.29, 0.717) is 16.9 Å². The van der Waals surface area contributed by atoms with Crippen LogP contribution in [-0.2, 0) is 10.0 Å². The fraction of sp³-hybridized carbons (Fsp3) is 0.333. The van der Waals surface area contributed by atoms with Crippen molar-refractivity contribution in [2.24, 2.45) is 0 Å². The first-order valence-electron chi connectivity index (χ1n) is 4.84. The van der Waals surface area contributed by atoms with Crippen molar-refractivity contribution in [2.75, 3.05) is 10.5 Å². The number of pyridine rings is 1. The van der Waals surface area contributed by atoms with Gasteiger partial charge in [-0.1, -0.05) is 0 Å². The Morgan fingerprint density at radius 2 is 2.19 bits per heavy atom. The van der Waals surface area contributed by atoms with E-state index in [4.69, 9.17) is 0 Å². The summed E-state index contributed by atoms with van der Waals surface area (Å²) >= 11 is 0. The molecule has 0 saturated heterocycles. The minimum Gasteiger partial charge on any atom is -0.265 e. The molecule has 86 valence electrons. The number of hydrogen-bond donors (Lipinski definition) is 2. The molecule has 0 aromatic carbocycles. The third-order valence-electron chi connectivity index (χ3n) is 2.20. The van der Waals surface area contributed by atoms with Gasteiger partial charge in [0.1, 0.15) is 0 Å². The first kappa shape index (κ1) is 10.9. The highest BCUT2D eigenvalue weighted by Crippen LogP contribution is 2.19. The molecule has 0 fully saturated rings. The molecule has 0 aliphatic rings. The maximum Gasteiger partial charge on any atom is 0.233 e. The predicted octanol–water partition coefficient (Wildman–Crippen LogP) is 1.03. The topological polar surface area (TPSA) is 87.7 Å². The summed E-state index contributed by atoms with van der Waals surface area (Å²) in [6.07, 6.45) is 0. The Balaban J connectivity index is 2.47. The summed E-state index contributed by atoms with van der Waals surface area (Å²) < 4.78 is 25.2. The second kappa shape index (κ2) is 3.75. The highest BCUT2D eigenvalue weighted by atomic mass is 32.2. The molecule has 0 saturated carbocycles. The van der Waals surface area contributed by atoms with Crippen molar-refractivity contribution in [3.63, 3.8) is 0 Å². The molecule has 0 atom stereocenters. The van der Waals surface area contributed by atoms with Gasteiger partial charge in [-0.3, -0.25) is 9.82 Å². The quantitative estimate of drug-likeness (QED) is 0.838. The minimum atomic E-state index is -3.30. The average Bonchev–Trinajstić information content (AvgIpc) is 2.60. The van der Waals surface area contributed by atoms with Crippen LogP contribution in [0.3, 0.4) is 0 Å². The van der Waals surface area contributed by atoms with Crippen molar-refractivity contribution in [2.45, 2.75) is 13.8 Å². The van der Waals surface area contributed by atoms with Crippen molar-refractivity contribution in [3.05, 3.63) is 17.8 Å². The van der Waals surface area contributed by atoms with Crippen LogP contribution in [-0.4, -0.2) is 29.4 Å². The molecule has 0 unspecified atom stereocenters. The highest BCUT2D eigenvalue weighted by molar-refractivity contribution is 7.92. The van der Waals surface area contributed by atoms with Crippen molar-refractivity contribution >= 4 is 26.9 Å². The van der Waals surface area contributed by atoms with E-state index in [2.05, 4.69) is 19.9 Å². The lowest BCUT2D eigenvalue weighted by molar-refractivity contribution is 0.602. The molecule has 2 heterocycles. The Hall–Kier alpha value is -1.63. The Bertz CT molecular complexity index is 617. The summed E-state index contributed by atoms with van der Waals surface area (Å²) in [6.45, 7) is 3.43. The van der Waals surface area contributed by atoms with E-state index in [1.54, 1.807) is 13.0 Å². The number of sulfonamides is 1. The van der Waals surface area contributed by atoms with E-state index < -0.39 is 10.0 Å². The maximum absolute atomic E-state index is 11.4. The molecule has 2 aromatic heterocycles. The lowest BCUT2D eigenvalue weighted by Gasteiger charge is -2.01. The number of hydrogen-bond acceptors (Lipinski definition) is 4. The van der Waals surface area contributed by atoms with E-state index in [1.165, 1.54) is 0 Å². The summed E-state index contributed by atoms with van der Waals surface area (Å²) in [4.78, 5) is 4.20. The van der Waals surface area contributed by atoms with Gasteiger partial charge in [0, 0.05) is 5.69 Å². The predicted molar refractivity (Wildman–Crippen MR) is 61.7 cm³/mol. The Kier molecular flexibility index (Phi) is 2.55. The SMILES string of the molecule is CCS(=O)(=O)Nc1n[nH]c2nc(C)ccc12. The van der Waals surface area contributed by atoms with Crippen molar-refractivity contribution in [3.8, 4) is 0 Å². The number of H-pyrrole nitrogens is 1. The van der Waals surface area contributed by atoms with Gasteiger partial charge in [-0.25, -0.2) is 13.4 Å². The summed E-state index contributed by atoms with van der Waals surface area (Å²) in [6, 6.07) is 3.59. The fourth-order valence-electron chi connectivity index (χ4n) is 1.30. The smallest absolute Gasteiger partial charge is 0.233 e. The molecule has 6 nitrogen and oxygen atoms in total. The number of nitrogens with zero attached hydrogens (tertiary/aromatic N) is 2. The number of fused-ring (bicyclic) bond motifs is 1. The number of aromatic nitrogens is 3. The van der Waals surface area contributed by atoms with Gasteiger partial charge in [0.05, 0.1) is 11.1 Å². The van der Waals surface area contributed by atoms with Gasteiger partial charge in [0.15, 0.2) is 11.5 Å². The standard InChI is InChI=1S/C9H12N4O2S/c1-3-16(14,15)13-9-7-5-4-6(2)10-8(7)11-12-9/h4-5H,3H2,1-2H3,(H2,10,11,12,13). The third kappa shape index (κ3) is 1.99. The first-order valence-corrected chi connectivity index (χ1v) is 6.49. The number of aromatic amines is 1. The van der Waals surface area contributed by atoms with Gasteiger partial charge >= 0.3 is 0 Å². The third-order valence-corrected chi connectivity index (χ3v) is 3.46. The lowest BCUT2D eigenvalue weighted by atomic mass is 10.3. The normalized spacial score (nSPS) is 11.9. The van der Waals surface area contributed by atoms with E-state index in [0.717, 1.165) is 5.69 Å². The molecule has 2 rings (SSSR count). The Morgan fingerprint density at radius 1 is 1.44 bits per heavy atom. The van der Waals surface area contributed by atoms with Crippen LogP contribution in [0.2, 0.25) is 0 Å². The number of rotatable bonds is 3. The van der Waals surface area contributed by atoms with Crippen LogP contribution in [0.1, 0.15) is 12.6 Å². The molecule has 0 amide bonds. The first-order chi connectivity index (χ1) is 7.52. The molecule has 16 heavy (non-hydrogen) atoms. The Labute approximate surface area is 93.1 Å². The zero-order valence-electron chi connectivity index (χ0n) is 8.98. The van der Waals surface area contributed by atoms with Gasteiger partial charge < -0.3 is 0 Å². The monoisotopic (exact) mass is 240 g/mol. The molecule has 0 aliphatic carbocycles. The molecule has 2 N–H and O–H groups in total. The van der Waals surface area contributed by atoms with Crippen LogP contribution in [0.25, 0.3) is 11.0 Å². The van der Waals surface area contributed by atoms with E-state index >= 15 is 0 Å². The molecule has 0 radical (unpaired) electrons. The maximum atomic E-state index is 11.4. The fourth-order valence-corrected chi connectivity index (χ4v) is 1.89. The second-order valence-corrected chi connectivity index (χ2v) is 5.44. The Morgan fingerprint density at radius 3 is 2.88 bits per heavy atom. The van der Waals surface area contributed by atoms with Crippen LogP contribution >= 0.6 is 0 Å². The van der Waals surface area contributed by atoms with Gasteiger partial charge in [-0.05, 0) is 26.0 Å². The summed E-state index contributed by atoms with van der Waals surface area (Å²) in [7, 11) is -3.30. The van der Waals surface area contributed by atoms with Gasteiger partial charge in [0.25, 0.3) is 0 Å². The van der Waals surface area contributed by atoms with Crippen LogP contribution in [0.4, 0.5) is 5.82 Å². The van der Waals surface area contributed by atoms with Gasteiger partial charge in [-0.2, -0.15) is 5.10 Å². The van der Waals surface area contributed by atoms with E-state index in [9.17, 15) is 8.42 Å².